The van der Waals surface area contributed by atoms with Gasteiger partial charge in [0.1, 0.15) is 0 Å². The smallest absolute Gasteiger partial charge is 0.0425 e. The Morgan fingerprint density at radius 2 is 1.55 bits per heavy atom. The van der Waals surface area contributed by atoms with Crippen LogP contribution in [0.2, 0.25) is 0 Å². The number of nitrogens with one attached hydrogen (secondary N) is 1. The van der Waals surface area contributed by atoms with Crippen LogP contribution in [0.25, 0.3) is 0 Å². The first kappa shape index (κ1) is 16.0. The molecule has 0 fully saturated rings. The molecule has 1 N–H and O–H groups in total. The van der Waals surface area contributed by atoms with Crippen LogP contribution in [-0.2, 0) is 0 Å². The van der Waals surface area contributed by atoms with Crippen LogP contribution in [0, 0.1) is 5.41 Å². The highest BCUT2D eigenvalue weighted by Crippen LogP contribution is 2.43. The van der Waals surface area contributed by atoms with Crippen LogP contribution in [0.5, 0.6) is 0 Å². The van der Waals surface area contributed by atoms with E-state index in [1.807, 2.05) is 32.1 Å². The molecule has 0 aromatic heterocycles. The van der Waals surface area contributed by atoms with Gasteiger partial charge in [-0.15, -0.1) is 0 Å². The summed E-state index contributed by atoms with van der Waals surface area (Å²) in [6, 6.07) is 0. The Morgan fingerprint density at radius 3 is 2.05 bits per heavy atom. The van der Waals surface area contributed by atoms with E-state index in [2.05, 4.69) is 62.7 Å². The summed E-state index contributed by atoms with van der Waals surface area (Å²) >= 11 is 0. The fraction of sp³-hybridized carbons (Fsp3) is 0.263. The maximum atomic E-state index is 3.84. The summed E-state index contributed by atoms with van der Waals surface area (Å²) in [6.45, 7) is 16.2. The fourth-order valence-electron chi connectivity index (χ4n) is 2.53. The van der Waals surface area contributed by atoms with Gasteiger partial charge < -0.3 is 5.32 Å². The van der Waals surface area contributed by atoms with Crippen LogP contribution < -0.4 is 5.32 Å². The molecular weight excluding hydrogens is 242 g/mol. The van der Waals surface area contributed by atoms with E-state index in [9.17, 15) is 0 Å². The van der Waals surface area contributed by atoms with Gasteiger partial charge in [0.05, 0.1) is 0 Å². The topological polar surface area (TPSA) is 12.0 Å². The average molecular weight is 267 g/mol. The van der Waals surface area contributed by atoms with Gasteiger partial charge in [0.2, 0.25) is 0 Å². The highest BCUT2D eigenvalue weighted by Gasteiger charge is 2.34. The van der Waals surface area contributed by atoms with Crippen molar-refractivity contribution in [2.45, 2.75) is 27.7 Å². The molecule has 106 valence electrons. The van der Waals surface area contributed by atoms with Gasteiger partial charge >= 0.3 is 0 Å². The minimum absolute atomic E-state index is 0.0877. The molecule has 1 aliphatic heterocycles. The lowest BCUT2D eigenvalue weighted by Crippen LogP contribution is -2.32. The Hall–Kier alpha value is -2.02. The third-order valence-corrected chi connectivity index (χ3v) is 3.43. The molecule has 0 atom stereocenters. The molecule has 0 unspecified atom stereocenters. The van der Waals surface area contributed by atoms with Crippen molar-refractivity contribution >= 4 is 0 Å². The van der Waals surface area contributed by atoms with E-state index in [1.165, 1.54) is 11.1 Å². The largest absolute Gasteiger partial charge is 0.355 e. The Labute approximate surface area is 123 Å². The molecule has 0 spiro atoms. The minimum Gasteiger partial charge on any atom is -0.355 e. The molecule has 1 rings (SSSR count). The molecular formula is C19H25N. The first-order valence-corrected chi connectivity index (χ1v) is 6.96. The molecule has 0 aliphatic carbocycles. The van der Waals surface area contributed by atoms with Crippen LogP contribution in [0.1, 0.15) is 27.7 Å². The molecule has 0 aromatic rings. The standard InChI is InChI=1S/C19H25N/c1-7-11-15-17(13-9-3)20-18(14-10-4)16(12-8-2)19(15,5)6/h7-14,20H,1,3H2,2,4-6H3/b12-8-,14-10-,15-11?,17-13+. The second-order valence-corrected chi connectivity index (χ2v) is 5.21. The zero-order valence-corrected chi connectivity index (χ0v) is 13.0. The number of allylic oxidation sites excluding steroid dienone is 10. The zero-order chi connectivity index (χ0) is 15.2. The Balaban J connectivity index is 3.61. The molecule has 1 aliphatic rings. The SMILES string of the molecule is C=CC=C1/C(=C\C=C)NC(/C=C\C)=C(/C=C\C)C1(C)C. The second kappa shape index (κ2) is 6.95. The van der Waals surface area contributed by atoms with E-state index in [4.69, 9.17) is 0 Å². The van der Waals surface area contributed by atoms with Gasteiger partial charge in [0.15, 0.2) is 0 Å². The number of hydrogen-bond acceptors (Lipinski definition) is 1. The minimum atomic E-state index is -0.0877. The van der Waals surface area contributed by atoms with Gasteiger partial charge in [-0.1, -0.05) is 63.5 Å². The number of hydrogen-bond donors (Lipinski definition) is 1. The number of rotatable bonds is 4. The van der Waals surface area contributed by atoms with Crippen molar-refractivity contribution in [1.82, 2.24) is 5.32 Å². The van der Waals surface area contributed by atoms with Gasteiger partial charge in [0.25, 0.3) is 0 Å². The van der Waals surface area contributed by atoms with E-state index in [1.54, 1.807) is 0 Å². The van der Waals surface area contributed by atoms with Crippen molar-refractivity contribution < 1.29 is 0 Å². The lowest BCUT2D eigenvalue weighted by Gasteiger charge is -2.38. The van der Waals surface area contributed by atoms with E-state index in [-0.39, 0.29) is 5.41 Å². The fourth-order valence-corrected chi connectivity index (χ4v) is 2.53. The first-order valence-electron chi connectivity index (χ1n) is 6.96. The first-order chi connectivity index (χ1) is 9.52. The highest BCUT2D eigenvalue weighted by atomic mass is 14.9. The normalized spacial score (nSPS) is 22.8. The van der Waals surface area contributed by atoms with Crippen molar-refractivity contribution in [1.29, 1.82) is 0 Å². The quantitative estimate of drug-likeness (QED) is 0.737. The third kappa shape index (κ3) is 3.11. The highest BCUT2D eigenvalue weighted by molar-refractivity contribution is 5.55. The van der Waals surface area contributed by atoms with Gasteiger partial charge in [-0.25, -0.2) is 0 Å². The van der Waals surface area contributed by atoms with Crippen molar-refractivity contribution in [2.24, 2.45) is 5.41 Å². The zero-order valence-electron chi connectivity index (χ0n) is 13.0. The van der Waals surface area contributed by atoms with Crippen LogP contribution in [-0.4, -0.2) is 0 Å². The molecule has 1 nitrogen and oxygen atoms in total. The Kier molecular flexibility index (Phi) is 5.57. The summed E-state index contributed by atoms with van der Waals surface area (Å²) < 4.78 is 0. The lowest BCUT2D eigenvalue weighted by atomic mass is 9.72. The Bertz CT molecular complexity index is 534. The Morgan fingerprint density at radius 1 is 0.950 bits per heavy atom. The summed E-state index contributed by atoms with van der Waals surface area (Å²) in [6.07, 6.45) is 16.1. The average Bonchev–Trinajstić information content (AvgIpc) is 2.39. The van der Waals surface area contributed by atoms with Crippen molar-refractivity contribution in [3.8, 4) is 0 Å². The predicted octanol–water partition coefficient (Wildman–Crippen LogP) is 5.20. The maximum Gasteiger partial charge on any atom is 0.0425 e. The molecule has 0 bridgehead atoms. The predicted molar refractivity (Wildman–Crippen MR) is 90.1 cm³/mol. The van der Waals surface area contributed by atoms with Gasteiger partial charge in [-0.05, 0) is 37.1 Å². The second-order valence-electron chi connectivity index (χ2n) is 5.21. The van der Waals surface area contributed by atoms with Crippen molar-refractivity contribution in [3.05, 3.63) is 84.3 Å². The summed E-state index contributed by atoms with van der Waals surface area (Å²) in [7, 11) is 0. The van der Waals surface area contributed by atoms with Gasteiger partial charge in [-0.2, -0.15) is 0 Å². The van der Waals surface area contributed by atoms with Gasteiger partial charge in [0, 0.05) is 16.8 Å². The summed E-state index contributed by atoms with van der Waals surface area (Å²) in [4.78, 5) is 0. The van der Waals surface area contributed by atoms with Crippen LogP contribution in [0.4, 0.5) is 0 Å². The molecule has 0 radical (unpaired) electrons. The molecule has 0 aromatic carbocycles. The molecule has 20 heavy (non-hydrogen) atoms. The van der Waals surface area contributed by atoms with E-state index < -0.39 is 0 Å². The molecule has 0 amide bonds. The van der Waals surface area contributed by atoms with Gasteiger partial charge in [-0.3, -0.25) is 0 Å². The van der Waals surface area contributed by atoms with E-state index >= 15 is 0 Å². The summed E-state index contributed by atoms with van der Waals surface area (Å²) in [5.41, 5.74) is 4.60. The van der Waals surface area contributed by atoms with Crippen LogP contribution in [0.3, 0.4) is 0 Å². The molecule has 1 heteroatoms. The maximum absolute atomic E-state index is 3.84. The summed E-state index contributed by atoms with van der Waals surface area (Å²) in [5.74, 6) is 0. The third-order valence-electron chi connectivity index (χ3n) is 3.43. The molecule has 0 saturated heterocycles. The monoisotopic (exact) mass is 267 g/mol. The van der Waals surface area contributed by atoms with Crippen LogP contribution >= 0.6 is 0 Å². The molecule has 0 saturated carbocycles. The van der Waals surface area contributed by atoms with E-state index in [0.717, 1.165) is 11.4 Å². The molecule has 1 heterocycles. The van der Waals surface area contributed by atoms with Crippen molar-refractivity contribution in [3.63, 3.8) is 0 Å². The van der Waals surface area contributed by atoms with E-state index in [0.29, 0.717) is 0 Å². The van der Waals surface area contributed by atoms with Crippen LogP contribution in [0.15, 0.2) is 84.3 Å². The lowest BCUT2D eigenvalue weighted by molar-refractivity contribution is 0.525. The summed E-state index contributed by atoms with van der Waals surface area (Å²) in [5, 5.41) is 3.50. The van der Waals surface area contributed by atoms with Crippen molar-refractivity contribution in [2.75, 3.05) is 0 Å².